The molecule has 4 nitrogen and oxygen atoms in total. The number of aromatic nitrogens is 2. The predicted octanol–water partition coefficient (Wildman–Crippen LogP) is 6.83. The van der Waals surface area contributed by atoms with E-state index in [1.807, 2.05) is 24.3 Å². The summed E-state index contributed by atoms with van der Waals surface area (Å²) in [5.74, 6) is 1.42. The molecule has 7 heteroatoms. The lowest BCUT2D eigenvalue weighted by Crippen LogP contribution is -1.98. The molecule has 0 unspecified atom stereocenters. The van der Waals surface area contributed by atoms with Crippen LogP contribution >= 0.6 is 38.9 Å². The highest BCUT2D eigenvalue weighted by Crippen LogP contribution is 2.42. The fourth-order valence-corrected chi connectivity index (χ4v) is 4.46. The van der Waals surface area contributed by atoms with Gasteiger partial charge < -0.3 is 10.1 Å². The number of nitrogens with zero attached hydrogens (tertiary/aromatic N) is 2. The van der Waals surface area contributed by atoms with Crippen molar-refractivity contribution in [1.29, 1.82) is 0 Å². The number of ether oxygens (including phenoxy) is 1. The minimum absolute atomic E-state index is 0.623. The monoisotopic (exact) mass is 459 g/mol. The van der Waals surface area contributed by atoms with Gasteiger partial charge in [-0.3, -0.25) is 0 Å². The van der Waals surface area contributed by atoms with Crippen LogP contribution in [0.1, 0.15) is 4.88 Å². The highest BCUT2D eigenvalue weighted by atomic mass is 79.9. The van der Waals surface area contributed by atoms with Gasteiger partial charge in [0, 0.05) is 19.9 Å². The molecule has 0 atom stereocenters. The molecule has 2 aromatic carbocycles. The first-order valence-electron chi connectivity index (χ1n) is 8.17. The van der Waals surface area contributed by atoms with Crippen LogP contribution in [-0.2, 0) is 0 Å². The fraction of sp³-hybridized carbons (Fsp3) is 0.100. The van der Waals surface area contributed by atoms with E-state index in [2.05, 4.69) is 50.3 Å². The molecule has 0 saturated heterocycles. The molecule has 0 spiro atoms. The highest BCUT2D eigenvalue weighted by Gasteiger charge is 2.18. The van der Waals surface area contributed by atoms with Crippen LogP contribution in [0.25, 0.3) is 21.3 Å². The molecule has 0 aliphatic rings. The molecular weight excluding hydrogens is 446 g/mol. The fourth-order valence-electron chi connectivity index (χ4n) is 3.01. The van der Waals surface area contributed by atoms with Crippen LogP contribution in [0.5, 0.6) is 5.75 Å². The van der Waals surface area contributed by atoms with Crippen molar-refractivity contribution < 1.29 is 4.74 Å². The molecule has 0 aliphatic heterocycles. The van der Waals surface area contributed by atoms with E-state index in [9.17, 15) is 0 Å². The van der Waals surface area contributed by atoms with Crippen LogP contribution in [0.2, 0.25) is 5.02 Å². The van der Waals surface area contributed by atoms with E-state index in [1.54, 1.807) is 30.8 Å². The molecule has 4 rings (SSSR count). The Labute approximate surface area is 174 Å². The summed E-state index contributed by atoms with van der Waals surface area (Å²) in [4.78, 5) is 11.1. The average molecular weight is 461 g/mol. The number of rotatable bonds is 4. The molecule has 27 heavy (non-hydrogen) atoms. The molecule has 0 fully saturated rings. The first-order valence-corrected chi connectivity index (χ1v) is 10.2. The zero-order valence-electron chi connectivity index (χ0n) is 14.6. The minimum atomic E-state index is 0.623. The number of methoxy groups -OCH3 is 1. The van der Waals surface area contributed by atoms with E-state index in [0.717, 1.165) is 37.3 Å². The molecule has 0 aliphatic carbocycles. The average Bonchev–Trinajstić information content (AvgIpc) is 2.99. The van der Waals surface area contributed by atoms with E-state index in [4.69, 9.17) is 16.3 Å². The van der Waals surface area contributed by atoms with Crippen LogP contribution in [0.15, 0.2) is 53.3 Å². The third-order valence-electron chi connectivity index (χ3n) is 4.21. The van der Waals surface area contributed by atoms with Gasteiger partial charge in [-0.25, -0.2) is 9.97 Å². The summed E-state index contributed by atoms with van der Waals surface area (Å²) < 4.78 is 6.49. The van der Waals surface area contributed by atoms with Gasteiger partial charge in [-0.05, 0) is 42.8 Å². The summed E-state index contributed by atoms with van der Waals surface area (Å²) in [6.07, 6.45) is 1.57. The molecule has 0 amide bonds. The second kappa shape index (κ2) is 7.46. The smallest absolute Gasteiger partial charge is 0.143 e. The van der Waals surface area contributed by atoms with Crippen LogP contribution in [0, 0.1) is 6.92 Å². The number of fused-ring (bicyclic) bond motifs is 1. The van der Waals surface area contributed by atoms with Crippen molar-refractivity contribution in [2.24, 2.45) is 0 Å². The third kappa shape index (κ3) is 3.52. The summed E-state index contributed by atoms with van der Waals surface area (Å²) in [6, 6.07) is 13.7. The van der Waals surface area contributed by atoms with Crippen molar-refractivity contribution in [1.82, 2.24) is 9.97 Å². The molecule has 1 N–H and O–H groups in total. The second-order valence-electron chi connectivity index (χ2n) is 5.91. The normalized spacial score (nSPS) is 11.0. The standard InChI is InChI=1S/C20H15BrClN3OS/c1-11-17(12-3-5-13(21)6-4-12)18-19(23-10-24-20(18)27-11)25-15-9-14(22)7-8-16(15)26-2/h3-10H,1-2H3,(H,23,24,25). The lowest BCUT2D eigenvalue weighted by Gasteiger charge is -2.12. The van der Waals surface area contributed by atoms with Crippen molar-refractivity contribution in [3.8, 4) is 16.9 Å². The Bertz CT molecular complexity index is 1130. The highest BCUT2D eigenvalue weighted by molar-refractivity contribution is 9.10. The number of aryl methyl sites for hydroxylation is 1. The zero-order chi connectivity index (χ0) is 19.0. The van der Waals surface area contributed by atoms with Crippen LogP contribution < -0.4 is 10.1 Å². The molecule has 4 aromatic rings. The largest absolute Gasteiger partial charge is 0.495 e. The summed E-state index contributed by atoms with van der Waals surface area (Å²) >= 11 is 11.3. The number of benzene rings is 2. The van der Waals surface area contributed by atoms with Gasteiger partial charge in [0.15, 0.2) is 0 Å². The van der Waals surface area contributed by atoms with Gasteiger partial charge in [0.05, 0.1) is 18.2 Å². The first kappa shape index (κ1) is 18.2. The topological polar surface area (TPSA) is 47.0 Å². The maximum absolute atomic E-state index is 6.17. The first-order chi connectivity index (χ1) is 13.1. The van der Waals surface area contributed by atoms with Crippen molar-refractivity contribution >= 4 is 60.6 Å². The summed E-state index contributed by atoms with van der Waals surface area (Å²) in [5, 5.41) is 4.99. The number of halogens is 2. The Morgan fingerprint density at radius 2 is 1.89 bits per heavy atom. The Hall–Kier alpha value is -2.15. The molecule has 0 saturated carbocycles. The quantitative estimate of drug-likeness (QED) is 0.362. The van der Waals surface area contributed by atoms with E-state index in [-0.39, 0.29) is 0 Å². The van der Waals surface area contributed by atoms with Gasteiger partial charge in [0.2, 0.25) is 0 Å². The molecule has 136 valence electrons. The zero-order valence-corrected chi connectivity index (χ0v) is 17.7. The van der Waals surface area contributed by atoms with E-state index in [1.165, 1.54) is 4.88 Å². The summed E-state index contributed by atoms with van der Waals surface area (Å²) in [7, 11) is 1.63. The van der Waals surface area contributed by atoms with E-state index in [0.29, 0.717) is 10.8 Å². The molecular formula is C20H15BrClN3OS. The molecule has 0 bridgehead atoms. The van der Waals surface area contributed by atoms with Crippen LogP contribution in [0.3, 0.4) is 0 Å². The molecule has 2 aromatic heterocycles. The van der Waals surface area contributed by atoms with Gasteiger partial charge in [-0.1, -0.05) is 39.7 Å². The number of hydrogen-bond donors (Lipinski definition) is 1. The van der Waals surface area contributed by atoms with Crippen molar-refractivity contribution in [2.75, 3.05) is 12.4 Å². The van der Waals surface area contributed by atoms with E-state index < -0.39 is 0 Å². The molecule has 2 heterocycles. The van der Waals surface area contributed by atoms with Crippen LogP contribution in [-0.4, -0.2) is 17.1 Å². The summed E-state index contributed by atoms with van der Waals surface area (Å²) in [5.41, 5.74) is 3.01. The lowest BCUT2D eigenvalue weighted by atomic mass is 10.0. The Morgan fingerprint density at radius 1 is 1.11 bits per heavy atom. The maximum atomic E-state index is 6.17. The Morgan fingerprint density at radius 3 is 2.63 bits per heavy atom. The Balaban J connectivity index is 1.90. The third-order valence-corrected chi connectivity index (χ3v) is 5.99. The van der Waals surface area contributed by atoms with Crippen LogP contribution in [0.4, 0.5) is 11.5 Å². The van der Waals surface area contributed by atoms with Crippen molar-refractivity contribution in [2.45, 2.75) is 6.92 Å². The van der Waals surface area contributed by atoms with Gasteiger partial charge in [-0.15, -0.1) is 11.3 Å². The van der Waals surface area contributed by atoms with E-state index >= 15 is 0 Å². The van der Waals surface area contributed by atoms with Crippen molar-refractivity contribution in [3.05, 3.63) is 63.2 Å². The number of thiophene rings is 1. The summed E-state index contributed by atoms with van der Waals surface area (Å²) in [6.45, 7) is 2.10. The Kier molecular flexibility index (Phi) is 5.04. The van der Waals surface area contributed by atoms with Gasteiger partial charge in [0.25, 0.3) is 0 Å². The number of hydrogen-bond acceptors (Lipinski definition) is 5. The van der Waals surface area contributed by atoms with Gasteiger partial charge in [-0.2, -0.15) is 0 Å². The van der Waals surface area contributed by atoms with Gasteiger partial charge in [0.1, 0.15) is 22.7 Å². The SMILES string of the molecule is COc1ccc(Cl)cc1Nc1ncnc2sc(C)c(-c3ccc(Br)cc3)c12. The number of anilines is 2. The predicted molar refractivity (Wildman–Crippen MR) is 117 cm³/mol. The number of nitrogens with one attached hydrogen (secondary N) is 1. The minimum Gasteiger partial charge on any atom is -0.495 e. The lowest BCUT2D eigenvalue weighted by molar-refractivity contribution is 0.417. The van der Waals surface area contributed by atoms with Crippen molar-refractivity contribution in [3.63, 3.8) is 0 Å². The maximum Gasteiger partial charge on any atom is 0.143 e. The van der Waals surface area contributed by atoms with Gasteiger partial charge >= 0.3 is 0 Å². The second-order valence-corrected chi connectivity index (χ2v) is 8.47. The molecule has 0 radical (unpaired) electrons.